The van der Waals surface area contributed by atoms with E-state index in [1.165, 1.54) is 0 Å². The Balaban J connectivity index is 1.50. The number of carbonyl (C=O) groups excluding carboxylic acids is 1. The Hall–Kier alpha value is -2.64. The molecule has 0 aliphatic carbocycles. The van der Waals surface area contributed by atoms with Gasteiger partial charge in [0.15, 0.2) is 5.13 Å². The number of likely N-dealkylation sites (N-methyl/N-ethyl adjacent to an activating group) is 1. The van der Waals surface area contributed by atoms with E-state index in [4.69, 9.17) is 14.5 Å². The summed E-state index contributed by atoms with van der Waals surface area (Å²) in [5.41, 5.74) is 1.41. The lowest BCUT2D eigenvalue weighted by Crippen LogP contribution is -2.44. The minimum Gasteiger partial charge on any atom is -0.497 e. The van der Waals surface area contributed by atoms with Gasteiger partial charge in [-0.25, -0.2) is 9.78 Å². The highest BCUT2D eigenvalue weighted by Crippen LogP contribution is 2.32. The van der Waals surface area contributed by atoms with Gasteiger partial charge in [0.25, 0.3) is 0 Å². The lowest BCUT2D eigenvalue weighted by Gasteiger charge is -2.31. The fourth-order valence-corrected chi connectivity index (χ4v) is 4.03. The minimum absolute atomic E-state index is 0.388. The monoisotopic (exact) mass is 383 g/mol. The molecule has 0 unspecified atom stereocenters. The number of hydrogen-bond acceptors (Lipinski definition) is 7. The topological polar surface area (TPSA) is 54.9 Å². The van der Waals surface area contributed by atoms with Gasteiger partial charge in [0.05, 0.1) is 22.9 Å². The molecular formula is C20H21N3O3S. The molecule has 1 aliphatic heterocycles. The molecule has 0 radical (unpaired) electrons. The second kappa shape index (κ2) is 7.54. The summed E-state index contributed by atoms with van der Waals surface area (Å²) < 4.78 is 11.7. The lowest BCUT2D eigenvalue weighted by molar-refractivity contribution is 0.0735. The lowest BCUT2D eigenvalue weighted by atomic mass is 10.2. The molecule has 3 aromatic rings. The summed E-state index contributed by atoms with van der Waals surface area (Å²) in [4.78, 5) is 21.7. The second-order valence-corrected chi connectivity index (χ2v) is 7.54. The van der Waals surface area contributed by atoms with E-state index in [-0.39, 0.29) is 5.97 Å². The number of benzene rings is 2. The van der Waals surface area contributed by atoms with Gasteiger partial charge in [0.1, 0.15) is 11.5 Å². The van der Waals surface area contributed by atoms with E-state index in [9.17, 15) is 4.79 Å². The number of anilines is 1. The molecular weight excluding hydrogens is 362 g/mol. The van der Waals surface area contributed by atoms with E-state index in [0.29, 0.717) is 17.1 Å². The van der Waals surface area contributed by atoms with Crippen LogP contribution in [0.1, 0.15) is 10.4 Å². The van der Waals surface area contributed by atoms with Gasteiger partial charge >= 0.3 is 5.97 Å². The van der Waals surface area contributed by atoms with Crippen LogP contribution in [0.25, 0.3) is 10.2 Å². The fraction of sp³-hybridized carbons (Fsp3) is 0.300. The average molecular weight is 383 g/mol. The zero-order valence-electron chi connectivity index (χ0n) is 15.3. The highest BCUT2D eigenvalue weighted by molar-refractivity contribution is 7.22. The van der Waals surface area contributed by atoms with Crippen molar-refractivity contribution >= 4 is 32.7 Å². The van der Waals surface area contributed by atoms with Crippen LogP contribution in [0.5, 0.6) is 11.5 Å². The number of aromatic nitrogens is 1. The number of esters is 1. The van der Waals surface area contributed by atoms with Gasteiger partial charge in [-0.05, 0) is 43.4 Å². The van der Waals surface area contributed by atoms with Crippen molar-refractivity contribution in [1.29, 1.82) is 0 Å². The van der Waals surface area contributed by atoms with Gasteiger partial charge in [0, 0.05) is 32.2 Å². The first-order valence-corrected chi connectivity index (χ1v) is 9.64. The van der Waals surface area contributed by atoms with Crippen LogP contribution in [-0.2, 0) is 0 Å². The van der Waals surface area contributed by atoms with Crippen molar-refractivity contribution < 1.29 is 14.3 Å². The van der Waals surface area contributed by atoms with Gasteiger partial charge in [-0.1, -0.05) is 11.3 Å². The molecule has 1 aromatic heterocycles. The molecule has 0 spiro atoms. The highest BCUT2D eigenvalue weighted by atomic mass is 32.1. The molecule has 6 nitrogen and oxygen atoms in total. The molecule has 1 fully saturated rings. The van der Waals surface area contributed by atoms with E-state index in [0.717, 1.165) is 41.5 Å². The van der Waals surface area contributed by atoms with Crippen LogP contribution in [0.15, 0.2) is 42.5 Å². The highest BCUT2D eigenvalue weighted by Gasteiger charge is 2.18. The number of fused-ring (bicyclic) bond motifs is 1. The number of piperazine rings is 1. The van der Waals surface area contributed by atoms with Gasteiger partial charge in [0.2, 0.25) is 0 Å². The maximum Gasteiger partial charge on any atom is 0.343 e. The van der Waals surface area contributed by atoms with E-state index in [2.05, 4.69) is 16.8 Å². The summed E-state index contributed by atoms with van der Waals surface area (Å²) in [6, 6.07) is 12.4. The van der Waals surface area contributed by atoms with Crippen LogP contribution in [0.4, 0.5) is 5.13 Å². The molecule has 0 atom stereocenters. The minimum atomic E-state index is -0.388. The number of rotatable bonds is 4. The Morgan fingerprint density at radius 3 is 2.44 bits per heavy atom. The number of hydrogen-bond donors (Lipinski definition) is 0. The first-order chi connectivity index (χ1) is 13.1. The Kier molecular flexibility index (Phi) is 4.96. The second-order valence-electron chi connectivity index (χ2n) is 6.53. The van der Waals surface area contributed by atoms with Crippen LogP contribution in [-0.4, -0.2) is 56.2 Å². The maximum absolute atomic E-state index is 12.3. The van der Waals surface area contributed by atoms with Crippen molar-refractivity contribution in [2.75, 3.05) is 45.2 Å². The zero-order valence-corrected chi connectivity index (χ0v) is 16.2. The molecule has 0 N–H and O–H groups in total. The van der Waals surface area contributed by atoms with Gasteiger partial charge in [-0.2, -0.15) is 0 Å². The third kappa shape index (κ3) is 3.89. The molecule has 0 amide bonds. The number of thiazole rings is 1. The SMILES string of the molecule is COc1ccc(C(=O)Oc2ccc3nc(N4CCN(C)CC4)sc3c2)cc1. The summed E-state index contributed by atoms with van der Waals surface area (Å²) in [5, 5.41) is 1.02. The molecule has 1 saturated heterocycles. The van der Waals surface area contributed by atoms with E-state index in [1.807, 2.05) is 12.1 Å². The van der Waals surface area contributed by atoms with E-state index < -0.39 is 0 Å². The van der Waals surface area contributed by atoms with Crippen molar-refractivity contribution in [3.63, 3.8) is 0 Å². The third-order valence-electron chi connectivity index (χ3n) is 4.66. The third-order valence-corrected chi connectivity index (χ3v) is 5.74. The fourth-order valence-electron chi connectivity index (χ4n) is 2.98. The molecule has 1 aliphatic rings. The van der Waals surface area contributed by atoms with Crippen LogP contribution >= 0.6 is 11.3 Å². The zero-order chi connectivity index (χ0) is 18.8. The predicted octanol–water partition coefficient (Wildman–Crippen LogP) is 3.28. The van der Waals surface area contributed by atoms with Crippen LogP contribution in [0.2, 0.25) is 0 Å². The number of ether oxygens (including phenoxy) is 2. The standard InChI is InChI=1S/C20H21N3O3S/c1-22-9-11-23(12-10-22)20-21-17-8-7-16(13-18(17)27-20)26-19(24)14-3-5-15(25-2)6-4-14/h3-8,13H,9-12H2,1-2H3. The predicted molar refractivity (Wildman–Crippen MR) is 107 cm³/mol. The molecule has 2 heterocycles. The summed E-state index contributed by atoms with van der Waals surface area (Å²) >= 11 is 1.64. The van der Waals surface area contributed by atoms with Crippen molar-refractivity contribution in [2.45, 2.75) is 0 Å². The molecule has 140 valence electrons. The van der Waals surface area contributed by atoms with Crippen molar-refractivity contribution in [3.8, 4) is 11.5 Å². The molecule has 0 saturated carbocycles. The van der Waals surface area contributed by atoms with Crippen molar-refractivity contribution in [3.05, 3.63) is 48.0 Å². The summed E-state index contributed by atoms with van der Waals surface area (Å²) in [5.74, 6) is 0.840. The summed E-state index contributed by atoms with van der Waals surface area (Å²) in [6.07, 6.45) is 0. The molecule has 0 bridgehead atoms. The summed E-state index contributed by atoms with van der Waals surface area (Å²) in [7, 11) is 3.73. The normalized spacial score (nSPS) is 15.1. The van der Waals surface area contributed by atoms with Crippen molar-refractivity contribution in [1.82, 2.24) is 9.88 Å². The molecule has 2 aromatic carbocycles. The Morgan fingerprint density at radius 1 is 1.04 bits per heavy atom. The summed E-state index contributed by atoms with van der Waals surface area (Å²) in [6.45, 7) is 4.05. The number of carbonyl (C=O) groups is 1. The largest absolute Gasteiger partial charge is 0.497 e. The Labute approximate surface area is 161 Å². The number of methoxy groups -OCH3 is 1. The van der Waals surface area contributed by atoms with Gasteiger partial charge in [-0.15, -0.1) is 0 Å². The maximum atomic E-state index is 12.3. The van der Waals surface area contributed by atoms with Crippen LogP contribution in [0, 0.1) is 0 Å². The smallest absolute Gasteiger partial charge is 0.343 e. The first kappa shape index (κ1) is 17.8. The van der Waals surface area contributed by atoms with Gasteiger partial charge < -0.3 is 19.3 Å². The quantitative estimate of drug-likeness (QED) is 0.509. The van der Waals surface area contributed by atoms with Crippen LogP contribution < -0.4 is 14.4 Å². The molecule has 7 heteroatoms. The Bertz CT molecular complexity index is 947. The van der Waals surface area contributed by atoms with Crippen molar-refractivity contribution in [2.24, 2.45) is 0 Å². The first-order valence-electron chi connectivity index (χ1n) is 8.83. The number of nitrogens with zero attached hydrogens (tertiary/aromatic N) is 3. The van der Waals surface area contributed by atoms with E-state index in [1.54, 1.807) is 48.8 Å². The Morgan fingerprint density at radius 2 is 1.74 bits per heavy atom. The van der Waals surface area contributed by atoms with Crippen LogP contribution in [0.3, 0.4) is 0 Å². The molecule has 27 heavy (non-hydrogen) atoms. The average Bonchev–Trinajstić information content (AvgIpc) is 3.12. The molecule has 4 rings (SSSR count). The van der Waals surface area contributed by atoms with Gasteiger partial charge in [-0.3, -0.25) is 0 Å². The van der Waals surface area contributed by atoms with E-state index >= 15 is 0 Å².